The number of nitrogens with one attached hydrogen (secondary N) is 1. The molecule has 0 unspecified atom stereocenters. The van der Waals surface area contributed by atoms with Gasteiger partial charge in [0.15, 0.2) is 11.6 Å². The summed E-state index contributed by atoms with van der Waals surface area (Å²) in [5.74, 6) is -0.387. The van der Waals surface area contributed by atoms with Crippen molar-refractivity contribution in [3.05, 3.63) is 41.9 Å². The quantitative estimate of drug-likeness (QED) is 0.884. The molecule has 3 rings (SSSR count). The van der Waals surface area contributed by atoms with Crippen molar-refractivity contribution in [2.24, 2.45) is 5.73 Å². The Bertz CT molecular complexity index is 601. The zero-order chi connectivity index (χ0) is 14.1. The Morgan fingerprint density at radius 1 is 1.10 bits per heavy atom. The fraction of sp³-hybridized carbons (Fsp3) is 0.400. The molecule has 1 aliphatic carbocycles. The molecule has 0 spiro atoms. The molecule has 0 aliphatic heterocycles. The lowest BCUT2D eigenvalue weighted by molar-refractivity contribution is 0.386. The van der Waals surface area contributed by atoms with Gasteiger partial charge in [-0.05, 0) is 43.9 Å². The molecule has 0 atom stereocenters. The summed E-state index contributed by atoms with van der Waals surface area (Å²) in [5.41, 5.74) is 7.22. The monoisotopic (exact) mass is 277 g/mol. The van der Waals surface area contributed by atoms with Gasteiger partial charge in [-0.3, -0.25) is 0 Å². The molecule has 1 aromatic heterocycles. The van der Waals surface area contributed by atoms with Crippen molar-refractivity contribution >= 4 is 0 Å². The second kappa shape index (κ2) is 5.32. The lowest BCUT2D eigenvalue weighted by atomic mass is 9.86. The van der Waals surface area contributed by atoms with Crippen LogP contribution < -0.4 is 5.73 Å². The van der Waals surface area contributed by atoms with Crippen LogP contribution in [-0.2, 0) is 0 Å². The van der Waals surface area contributed by atoms with E-state index >= 15 is 0 Å². The molecular weight excluding hydrogens is 260 g/mol. The van der Waals surface area contributed by atoms with Gasteiger partial charge in [0, 0.05) is 17.5 Å². The molecule has 5 heteroatoms. The highest BCUT2D eigenvalue weighted by Crippen LogP contribution is 2.31. The van der Waals surface area contributed by atoms with Gasteiger partial charge >= 0.3 is 0 Å². The number of hydrogen-bond donors (Lipinski definition) is 2. The fourth-order valence-corrected chi connectivity index (χ4v) is 2.75. The minimum Gasteiger partial charge on any atom is -0.342 e. The number of aromatic nitrogens is 2. The van der Waals surface area contributed by atoms with Crippen molar-refractivity contribution in [2.75, 3.05) is 0 Å². The van der Waals surface area contributed by atoms with Crippen molar-refractivity contribution in [2.45, 2.75) is 37.6 Å². The number of nitrogens with zero attached hydrogens (tertiary/aromatic N) is 1. The maximum absolute atomic E-state index is 13.2. The fourth-order valence-electron chi connectivity index (χ4n) is 2.75. The van der Waals surface area contributed by atoms with E-state index in [2.05, 4.69) is 9.97 Å². The molecule has 1 aromatic carbocycles. The third-order valence-corrected chi connectivity index (χ3v) is 3.98. The van der Waals surface area contributed by atoms with Crippen molar-refractivity contribution < 1.29 is 8.78 Å². The topological polar surface area (TPSA) is 54.7 Å². The lowest BCUT2D eigenvalue weighted by Crippen LogP contribution is -2.26. The summed E-state index contributed by atoms with van der Waals surface area (Å²) in [5, 5.41) is 0. The smallest absolute Gasteiger partial charge is 0.159 e. The summed E-state index contributed by atoms with van der Waals surface area (Å²) in [4.78, 5) is 7.60. The van der Waals surface area contributed by atoms with Crippen LogP contribution in [0.1, 0.15) is 37.4 Å². The maximum Gasteiger partial charge on any atom is 0.159 e. The van der Waals surface area contributed by atoms with Gasteiger partial charge in [0.2, 0.25) is 0 Å². The molecule has 1 saturated carbocycles. The zero-order valence-corrected chi connectivity index (χ0v) is 11.1. The average Bonchev–Trinajstić information content (AvgIpc) is 2.92. The van der Waals surface area contributed by atoms with E-state index in [0.29, 0.717) is 23.2 Å². The largest absolute Gasteiger partial charge is 0.342 e. The van der Waals surface area contributed by atoms with Crippen LogP contribution in [0.5, 0.6) is 0 Å². The number of H-pyrrole nitrogens is 1. The second-order valence-corrected chi connectivity index (χ2v) is 5.42. The van der Waals surface area contributed by atoms with Gasteiger partial charge in [-0.1, -0.05) is 0 Å². The van der Waals surface area contributed by atoms with Crippen LogP contribution in [-0.4, -0.2) is 16.0 Å². The van der Waals surface area contributed by atoms with Crippen LogP contribution in [0, 0.1) is 11.6 Å². The summed E-state index contributed by atoms with van der Waals surface area (Å²) in [6.07, 6.45) is 5.73. The highest BCUT2D eigenvalue weighted by atomic mass is 19.2. The second-order valence-electron chi connectivity index (χ2n) is 5.42. The predicted molar refractivity (Wildman–Crippen MR) is 73.1 cm³/mol. The zero-order valence-electron chi connectivity index (χ0n) is 11.1. The van der Waals surface area contributed by atoms with Gasteiger partial charge in [0.1, 0.15) is 5.82 Å². The predicted octanol–water partition coefficient (Wildman–Crippen LogP) is 3.34. The average molecular weight is 277 g/mol. The number of rotatable bonds is 2. The van der Waals surface area contributed by atoms with Crippen LogP contribution in [0.3, 0.4) is 0 Å². The van der Waals surface area contributed by atoms with Gasteiger partial charge in [0.05, 0.1) is 11.9 Å². The third kappa shape index (κ3) is 2.58. The van der Waals surface area contributed by atoms with Crippen molar-refractivity contribution in [3.8, 4) is 11.3 Å². The summed E-state index contributed by atoms with van der Waals surface area (Å²) in [6.45, 7) is 0. The Kier molecular flexibility index (Phi) is 3.53. The Morgan fingerprint density at radius 2 is 1.85 bits per heavy atom. The standard InChI is InChI=1S/C15H17F2N3/c16-12-6-3-10(7-13(12)17)14-8-19-15(20-14)9-1-4-11(18)5-2-9/h3,6-9,11H,1-2,4-5,18H2,(H,19,20). The van der Waals surface area contributed by atoms with Gasteiger partial charge in [0.25, 0.3) is 0 Å². The van der Waals surface area contributed by atoms with E-state index in [1.54, 1.807) is 12.3 Å². The Morgan fingerprint density at radius 3 is 2.55 bits per heavy atom. The summed E-state index contributed by atoms with van der Waals surface area (Å²) >= 11 is 0. The Hall–Kier alpha value is -1.75. The van der Waals surface area contributed by atoms with Crippen molar-refractivity contribution in [3.63, 3.8) is 0 Å². The van der Waals surface area contributed by atoms with Crippen LogP contribution >= 0.6 is 0 Å². The molecule has 20 heavy (non-hydrogen) atoms. The molecule has 2 aromatic rings. The minimum absolute atomic E-state index is 0.298. The number of nitrogens with two attached hydrogens (primary N) is 1. The minimum atomic E-state index is -0.845. The molecule has 106 valence electrons. The first-order valence-corrected chi connectivity index (χ1v) is 6.89. The van der Waals surface area contributed by atoms with Crippen LogP contribution in [0.25, 0.3) is 11.3 Å². The van der Waals surface area contributed by atoms with E-state index in [-0.39, 0.29) is 0 Å². The number of hydrogen-bond acceptors (Lipinski definition) is 2. The van der Waals surface area contributed by atoms with E-state index in [1.807, 2.05) is 0 Å². The maximum atomic E-state index is 13.2. The number of benzene rings is 1. The Balaban J connectivity index is 1.81. The van der Waals surface area contributed by atoms with Crippen molar-refractivity contribution in [1.82, 2.24) is 9.97 Å². The van der Waals surface area contributed by atoms with Gasteiger partial charge in [-0.15, -0.1) is 0 Å². The first-order valence-electron chi connectivity index (χ1n) is 6.89. The molecule has 0 bridgehead atoms. The normalized spacial score (nSPS) is 22.9. The molecule has 0 radical (unpaired) electrons. The van der Waals surface area contributed by atoms with Gasteiger partial charge in [-0.25, -0.2) is 13.8 Å². The van der Waals surface area contributed by atoms with E-state index < -0.39 is 11.6 Å². The van der Waals surface area contributed by atoms with E-state index in [4.69, 9.17) is 5.73 Å². The number of halogens is 2. The van der Waals surface area contributed by atoms with E-state index in [1.165, 1.54) is 6.07 Å². The molecule has 1 aliphatic rings. The molecule has 3 N–H and O–H groups in total. The van der Waals surface area contributed by atoms with Crippen LogP contribution in [0.2, 0.25) is 0 Å². The Labute approximate surface area is 116 Å². The third-order valence-electron chi connectivity index (χ3n) is 3.98. The summed E-state index contributed by atoms with van der Waals surface area (Å²) < 4.78 is 26.2. The van der Waals surface area contributed by atoms with Crippen LogP contribution in [0.4, 0.5) is 8.78 Å². The van der Waals surface area contributed by atoms with Crippen molar-refractivity contribution in [1.29, 1.82) is 0 Å². The summed E-state index contributed by atoms with van der Waals surface area (Å²) in [6, 6.07) is 4.16. The highest BCUT2D eigenvalue weighted by molar-refractivity contribution is 5.58. The molecule has 1 fully saturated rings. The van der Waals surface area contributed by atoms with Gasteiger partial charge < -0.3 is 10.7 Å². The molecular formula is C15H17F2N3. The molecule has 0 amide bonds. The first-order chi connectivity index (χ1) is 9.63. The first kappa shape index (κ1) is 13.2. The number of imidazole rings is 1. The highest BCUT2D eigenvalue weighted by Gasteiger charge is 2.22. The molecule has 1 heterocycles. The van der Waals surface area contributed by atoms with E-state index in [9.17, 15) is 8.78 Å². The van der Waals surface area contributed by atoms with Gasteiger partial charge in [-0.2, -0.15) is 0 Å². The molecule has 0 saturated heterocycles. The summed E-state index contributed by atoms with van der Waals surface area (Å²) in [7, 11) is 0. The lowest BCUT2D eigenvalue weighted by Gasteiger charge is -2.24. The van der Waals surface area contributed by atoms with Crippen LogP contribution in [0.15, 0.2) is 24.4 Å². The molecule has 3 nitrogen and oxygen atoms in total. The van der Waals surface area contributed by atoms with E-state index in [0.717, 1.165) is 37.6 Å². The SMILES string of the molecule is NC1CCC(c2ncc(-c3ccc(F)c(F)c3)[nH]2)CC1. The number of aromatic amines is 1.